The van der Waals surface area contributed by atoms with Crippen LogP contribution in [0.1, 0.15) is 32.3 Å². The molecule has 2 aromatic carbocycles. The first-order chi connectivity index (χ1) is 13.6. The normalized spacial score (nSPS) is 12.1. The Bertz CT molecular complexity index is 1000. The lowest BCUT2D eigenvalue weighted by molar-refractivity contribution is -0.142. The molecule has 3 aromatic rings. The van der Waals surface area contributed by atoms with Gasteiger partial charge in [0.1, 0.15) is 5.25 Å². The molecule has 5 nitrogen and oxygen atoms in total. The largest absolute Gasteiger partial charge is 0.465 e. The average molecular weight is 397 g/mol. The molecule has 28 heavy (non-hydrogen) atoms. The number of thioether (sulfide) groups is 1. The standard InChI is InChI=1S/C22H24N2O3S/c1-3-10-19(21(26)27-4-2)28-22-23-18-14-9-8-13-17(18)20(25)24(22)15-16-11-6-5-7-12-16/h5-9,11-14,19H,3-4,10,15H2,1-2H3/t19-/m1/s1. The second-order valence-corrected chi connectivity index (χ2v) is 7.61. The summed E-state index contributed by atoms with van der Waals surface area (Å²) in [6.07, 6.45) is 1.50. The Balaban J connectivity index is 2.07. The molecular weight excluding hydrogens is 372 g/mol. The summed E-state index contributed by atoms with van der Waals surface area (Å²) in [6, 6.07) is 17.1. The van der Waals surface area contributed by atoms with Crippen molar-refractivity contribution in [2.24, 2.45) is 0 Å². The Morgan fingerprint density at radius 3 is 2.54 bits per heavy atom. The molecule has 0 fully saturated rings. The molecule has 1 heterocycles. The molecule has 0 aliphatic carbocycles. The minimum absolute atomic E-state index is 0.101. The van der Waals surface area contributed by atoms with Gasteiger partial charge < -0.3 is 4.74 Å². The van der Waals surface area contributed by atoms with Crippen molar-refractivity contribution in [2.45, 2.75) is 43.6 Å². The lowest BCUT2D eigenvalue weighted by atomic mass is 10.2. The Kier molecular flexibility index (Phi) is 6.87. The SMILES string of the molecule is CCC[C@@H](Sc1nc2ccccc2c(=O)n1Cc1ccccc1)C(=O)OCC. The molecule has 6 heteroatoms. The van der Waals surface area contributed by atoms with Crippen LogP contribution in [0.2, 0.25) is 0 Å². The van der Waals surface area contributed by atoms with E-state index in [0.717, 1.165) is 12.0 Å². The molecule has 0 unspecified atom stereocenters. The lowest BCUT2D eigenvalue weighted by Crippen LogP contribution is -2.27. The minimum atomic E-state index is -0.389. The number of ether oxygens (including phenoxy) is 1. The van der Waals surface area contributed by atoms with E-state index in [-0.39, 0.29) is 16.8 Å². The van der Waals surface area contributed by atoms with E-state index in [0.29, 0.717) is 35.6 Å². The number of hydrogen-bond donors (Lipinski definition) is 0. The number of hydrogen-bond acceptors (Lipinski definition) is 5. The number of esters is 1. The molecule has 0 spiro atoms. The maximum absolute atomic E-state index is 13.2. The monoisotopic (exact) mass is 396 g/mol. The summed E-state index contributed by atoms with van der Waals surface area (Å²) in [5, 5.41) is 0.727. The van der Waals surface area contributed by atoms with Crippen LogP contribution in [0.4, 0.5) is 0 Å². The van der Waals surface area contributed by atoms with Gasteiger partial charge in [0.05, 0.1) is 24.1 Å². The van der Waals surface area contributed by atoms with E-state index in [9.17, 15) is 9.59 Å². The topological polar surface area (TPSA) is 61.2 Å². The molecular formula is C22H24N2O3S. The van der Waals surface area contributed by atoms with Gasteiger partial charge in [0.15, 0.2) is 5.16 Å². The number of rotatable bonds is 8. The molecule has 0 bridgehead atoms. The fraction of sp³-hybridized carbons (Fsp3) is 0.318. The molecule has 1 atom stereocenters. The zero-order chi connectivity index (χ0) is 19.9. The van der Waals surface area contributed by atoms with Gasteiger partial charge in [0, 0.05) is 0 Å². The van der Waals surface area contributed by atoms with E-state index in [4.69, 9.17) is 9.72 Å². The number of aromatic nitrogens is 2. The maximum Gasteiger partial charge on any atom is 0.319 e. The smallest absolute Gasteiger partial charge is 0.319 e. The zero-order valence-corrected chi connectivity index (χ0v) is 16.9. The highest BCUT2D eigenvalue weighted by Crippen LogP contribution is 2.27. The Morgan fingerprint density at radius 2 is 1.82 bits per heavy atom. The molecule has 0 aliphatic heterocycles. The van der Waals surface area contributed by atoms with Crippen molar-refractivity contribution in [3.63, 3.8) is 0 Å². The van der Waals surface area contributed by atoms with Crippen LogP contribution in [0.3, 0.4) is 0 Å². The van der Waals surface area contributed by atoms with E-state index in [1.807, 2.05) is 55.5 Å². The maximum atomic E-state index is 13.2. The van der Waals surface area contributed by atoms with Gasteiger partial charge in [0.25, 0.3) is 5.56 Å². The predicted octanol–water partition coefficient (Wildman–Crippen LogP) is 4.27. The van der Waals surface area contributed by atoms with Crippen molar-refractivity contribution in [3.8, 4) is 0 Å². The van der Waals surface area contributed by atoms with Gasteiger partial charge in [-0.2, -0.15) is 0 Å². The summed E-state index contributed by atoms with van der Waals surface area (Å²) in [5.41, 5.74) is 1.54. The minimum Gasteiger partial charge on any atom is -0.465 e. The Labute approximate surface area is 168 Å². The van der Waals surface area contributed by atoms with Crippen molar-refractivity contribution < 1.29 is 9.53 Å². The first kappa shape index (κ1) is 20.1. The summed E-state index contributed by atoms with van der Waals surface area (Å²) in [7, 11) is 0. The molecule has 3 rings (SSSR count). The van der Waals surface area contributed by atoms with Gasteiger partial charge in [-0.1, -0.05) is 67.6 Å². The Morgan fingerprint density at radius 1 is 1.11 bits per heavy atom. The van der Waals surface area contributed by atoms with Crippen molar-refractivity contribution in [3.05, 3.63) is 70.5 Å². The molecule has 0 radical (unpaired) electrons. The fourth-order valence-corrected chi connectivity index (χ4v) is 4.19. The van der Waals surface area contributed by atoms with Crippen LogP contribution in [0.5, 0.6) is 0 Å². The third-order valence-electron chi connectivity index (χ3n) is 4.36. The molecule has 1 aromatic heterocycles. The fourth-order valence-electron chi connectivity index (χ4n) is 2.99. The van der Waals surface area contributed by atoms with E-state index in [2.05, 4.69) is 0 Å². The highest BCUT2D eigenvalue weighted by atomic mass is 32.2. The van der Waals surface area contributed by atoms with Gasteiger partial charge in [0.2, 0.25) is 0 Å². The Hall–Kier alpha value is -2.60. The average Bonchev–Trinajstić information content (AvgIpc) is 2.71. The summed E-state index contributed by atoms with van der Waals surface area (Å²) in [6.45, 7) is 4.56. The molecule has 146 valence electrons. The van der Waals surface area contributed by atoms with Crippen LogP contribution >= 0.6 is 11.8 Å². The number of fused-ring (bicyclic) bond motifs is 1. The number of carbonyl (C=O) groups excluding carboxylic acids is 1. The van der Waals surface area contributed by atoms with Crippen molar-refractivity contribution in [1.82, 2.24) is 9.55 Å². The summed E-state index contributed by atoms with van der Waals surface area (Å²) in [4.78, 5) is 30.3. The quantitative estimate of drug-likeness (QED) is 0.323. The van der Waals surface area contributed by atoms with Crippen molar-refractivity contribution in [1.29, 1.82) is 0 Å². The van der Waals surface area contributed by atoms with Gasteiger partial charge in [-0.15, -0.1) is 0 Å². The lowest BCUT2D eigenvalue weighted by Gasteiger charge is -2.18. The summed E-state index contributed by atoms with van der Waals surface area (Å²) >= 11 is 1.31. The number of carbonyl (C=O) groups is 1. The predicted molar refractivity (Wildman–Crippen MR) is 113 cm³/mol. The van der Waals surface area contributed by atoms with E-state index in [1.165, 1.54) is 11.8 Å². The second kappa shape index (κ2) is 9.55. The molecule has 0 saturated heterocycles. The molecule has 0 saturated carbocycles. The zero-order valence-electron chi connectivity index (χ0n) is 16.1. The van der Waals surface area contributed by atoms with Crippen molar-refractivity contribution in [2.75, 3.05) is 6.61 Å². The van der Waals surface area contributed by atoms with E-state index < -0.39 is 0 Å². The van der Waals surface area contributed by atoms with Gasteiger partial charge in [-0.05, 0) is 31.0 Å². The number of para-hydroxylation sites is 1. The molecule has 0 amide bonds. The van der Waals surface area contributed by atoms with Crippen LogP contribution in [0.15, 0.2) is 64.5 Å². The third-order valence-corrected chi connectivity index (χ3v) is 5.59. The van der Waals surface area contributed by atoms with E-state index in [1.54, 1.807) is 17.6 Å². The van der Waals surface area contributed by atoms with Gasteiger partial charge >= 0.3 is 5.97 Å². The summed E-state index contributed by atoms with van der Waals surface area (Å²) < 4.78 is 6.89. The van der Waals surface area contributed by atoms with Gasteiger partial charge in [-0.3, -0.25) is 14.2 Å². The number of benzene rings is 2. The van der Waals surface area contributed by atoms with Crippen molar-refractivity contribution >= 4 is 28.6 Å². The number of nitrogens with zero attached hydrogens (tertiary/aromatic N) is 2. The highest BCUT2D eigenvalue weighted by molar-refractivity contribution is 8.00. The van der Waals surface area contributed by atoms with Crippen LogP contribution in [-0.2, 0) is 16.1 Å². The van der Waals surface area contributed by atoms with Gasteiger partial charge in [-0.25, -0.2) is 4.98 Å². The van der Waals surface area contributed by atoms with Crippen LogP contribution in [0.25, 0.3) is 10.9 Å². The van der Waals surface area contributed by atoms with Crippen LogP contribution < -0.4 is 5.56 Å². The summed E-state index contributed by atoms with van der Waals surface area (Å²) in [5.74, 6) is -0.261. The highest BCUT2D eigenvalue weighted by Gasteiger charge is 2.24. The molecule has 0 aliphatic rings. The van der Waals surface area contributed by atoms with Crippen LogP contribution in [-0.4, -0.2) is 27.4 Å². The van der Waals surface area contributed by atoms with Crippen LogP contribution in [0, 0.1) is 0 Å². The first-order valence-corrected chi connectivity index (χ1v) is 10.4. The molecule has 0 N–H and O–H groups in total. The first-order valence-electron chi connectivity index (χ1n) is 9.50. The second-order valence-electron chi connectivity index (χ2n) is 6.44. The third kappa shape index (κ3) is 4.62. The van der Waals surface area contributed by atoms with E-state index >= 15 is 0 Å².